The van der Waals surface area contributed by atoms with Crippen molar-refractivity contribution >= 4 is 85.3 Å². The molecule has 0 aliphatic rings. The van der Waals surface area contributed by atoms with Gasteiger partial charge in [0.15, 0.2) is 5.75 Å². The van der Waals surface area contributed by atoms with E-state index in [-0.39, 0.29) is 42.7 Å². The van der Waals surface area contributed by atoms with Crippen LogP contribution in [0.25, 0.3) is 11.1 Å². The molecule has 4 nitrogen and oxygen atoms in total. The molecule has 4 rings (SSSR count). The van der Waals surface area contributed by atoms with Gasteiger partial charge in [-0.05, 0) is 96.9 Å². The first-order valence-corrected chi connectivity index (χ1v) is 13.9. The summed E-state index contributed by atoms with van der Waals surface area (Å²) in [6.07, 6.45) is 0. The summed E-state index contributed by atoms with van der Waals surface area (Å²) >= 11 is 20.1. The molecule has 0 saturated heterocycles. The Hall–Kier alpha value is -0.513. The molecule has 1 radical (unpaired) electrons. The van der Waals surface area contributed by atoms with Gasteiger partial charge in [0.2, 0.25) is 0 Å². The van der Waals surface area contributed by atoms with E-state index in [0.717, 1.165) is 8.95 Å². The van der Waals surface area contributed by atoms with E-state index in [9.17, 15) is 8.78 Å². The third-order valence-electron chi connectivity index (χ3n) is 4.62. The SMILES string of the molecule is COc1c(Br)cccc1-c1c(F)cccc1Cl.COc1c(Br)cccc1O[B]O.Fc1cccc(Cl)c1I.[U]. The standard InChI is InChI=1S/C13H9BrClFO.C7H7BBrO3.C6H3ClFI.U/c1-17-13-8(4-2-5-9(13)14)12-10(15)6-3-7-11(12)16;1-11-7-5(9)3-2-4-6(7)12-8-10;7-4-2-1-3-5(8)6(4)9;/h2-7H,1H3;2-4,10H,1H3;1-3H;. The normalized spacial score (nSPS) is 9.59. The molecule has 0 aliphatic carbocycles. The fourth-order valence-corrected chi connectivity index (χ4v) is 4.81. The minimum Gasteiger partial charge on any atom is -0.535 e. The third kappa shape index (κ3) is 10.7. The van der Waals surface area contributed by atoms with Crippen LogP contribution >= 0.6 is 77.7 Å². The Morgan fingerprint density at radius 3 is 1.79 bits per heavy atom. The van der Waals surface area contributed by atoms with E-state index in [2.05, 4.69) is 31.9 Å². The number of para-hydroxylation sites is 2. The molecule has 13 heteroatoms. The van der Waals surface area contributed by atoms with Crippen molar-refractivity contribution in [1.29, 1.82) is 0 Å². The topological polar surface area (TPSA) is 47.9 Å². The van der Waals surface area contributed by atoms with Crippen molar-refractivity contribution in [3.8, 4) is 28.4 Å². The van der Waals surface area contributed by atoms with E-state index in [4.69, 9.17) is 42.4 Å². The van der Waals surface area contributed by atoms with Gasteiger partial charge in [-0.2, -0.15) is 0 Å². The first kappa shape index (κ1) is 36.5. The van der Waals surface area contributed by atoms with E-state index < -0.39 is 0 Å². The van der Waals surface area contributed by atoms with Gasteiger partial charge in [-0.25, -0.2) is 8.78 Å². The number of benzene rings is 4. The Morgan fingerprint density at radius 2 is 1.28 bits per heavy atom. The van der Waals surface area contributed by atoms with Crippen LogP contribution in [0.3, 0.4) is 0 Å². The summed E-state index contributed by atoms with van der Waals surface area (Å²) in [4.78, 5) is 0. The minimum atomic E-state index is -0.367. The summed E-state index contributed by atoms with van der Waals surface area (Å²) in [5.41, 5.74) is 0.984. The number of hydrogen-bond donors (Lipinski definition) is 1. The fourth-order valence-electron chi connectivity index (χ4n) is 2.98. The maximum absolute atomic E-state index is 13.8. The first-order valence-electron chi connectivity index (χ1n) is 10.5. The van der Waals surface area contributed by atoms with Crippen LogP contribution in [0.1, 0.15) is 0 Å². The molecule has 0 bridgehead atoms. The van der Waals surface area contributed by atoms with E-state index in [1.54, 1.807) is 49.6 Å². The second kappa shape index (κ2) is 18.8. The van der Waals surface area contributed by atoms with E-state index in [1.165, 1.54) is 19.2 Å². The predicted molar refractivity (Wildman–Crippen MR) is 165 cm³/mol. The minimum absolute atomic E-state index is 0. The summed E-state index contributed by atoms with van der Waals surface area (Å²) in [5, 5.41) is 9.24. The van der Waals surface area contributed by atoms with Gasteiger partial charge in [0.25, 0.3) is 0 Å². The molecule has 0 aliphatic heterocycles. The largest absolute Gasteiger partial charge is 0.569 e. The summed E-state index contributed by atoms with van der Waals surface area (Å²) in [6.45, 7) is 0. The number of hydrogen-bond acceptors (Lipinski definition) is 4. The molecule has 0 aromatic heterocycles. The van der Waals surface area contributed by atoms with Gasteiger partial charge >= 0.3 is 7.69 Å². The maximum Gasteiger partial charge on any atom is 0.569 e. The van der Waals surface area contributed by atoms with Crippen LogP contribution in [0.5, 0.6) is 17.2 Å². The molecule has 39 heavy (non-hydrogen) atoms. The quantitative estimate of drug-likeness (QED) is 0.123. The molecule has 0 heterocycles. The molecule has 0 unspecified atom stereocenters. The van der Waals surface area contributed by atoms with Crippen LogP contribution in [0.2, 0.25) is 10.0 Å². The Balaban J connectivity index is 0.000000305. The van der Waals surface area contributed by atoms with Crippen molar-refractivity contribution in [2.24, 2.45) is 0 Å². The molecule has 0 fully saturated rings. The Morgan fingerprint density at radius 1 is 0.769 bits per heavy atom. The molecular formula is C26H19BBr2Cl2F2IO4U. The molecular weight excluding hydrogens is 1020 g/mol. The van der Waals surface area contributed by atoms with Gasteiger partial charge in [0.05, 0.1) is 36.8 Å². The van der Waals surface area contributed by atoms with Crippen LogP contribution in [-0.2, 0) is 0 Å². The summed E-state index contributed by atoms with van der Waals surface area (Å²) < 4.78 is 43.4. The average Bonchev–Trinajstić information content (AvgIpc) is 2.88. The number of methoxy groups -OCH3 is 2. The Kier molecular flexibility index (Phi) is 17.6. The zero-order chi connectivity index (χ0) is 28.2. The van der Waals surface area contributed by atoms with Crippen molar-refractivity contribution in [2.75, 3.05) is 14.2 Å². The molecule has 0 atom stereocenters. The molecule has 0 amide bonds. The van der Waals surface area contributed by atoms with Crippen LogP contribution in [-0.4, -0.2) is 26.9 Å². The summed E-state index contributed by atoms with van der Waals surface area (Å²) in [7, 11) is 3.69. The van der Waals surface area contributed by atoms with Gasteiger partial charge < -0.3 is 19.2 Å². The van der Waals surface area contributed by atoms with Crippen LogP contribution in [0, 0.1) is 46.3 Å². The number of halogens is 7. The maximum atomic E-state index is 13.8. The van der Waals surface area contributed by atoms with Crippen molar-refractivity contribution in [3.05, 3.63) is 107 Å². The van der Waals surface area contributed by atoms with Gasteiger partial charge in [-0.3, -0.25) is 0 Å². The second-order valence-corrected chi connectivity index (χ2v) is 10.5. The monoisotopic (exact) mass is 1040 g/mol. The van der Waals surface area contributed by atoms with Crippen LogP contribution in [0.4, 0.5) is 8.78 Å². The van der Waals surface area contributed by atoms with E-state index in [1.807, 2.05) is 40.8 Å². The Labute approximate surface area is 290 Å². The van der Waals surface area contributed by atoms with Crippen molar-refractivity contribution in [2.45, 2.75) is 0 Å². The van der Waals surface area contributed by atoms with Crippen LogP contribution in [0.15, 0.2) is 81.7 Å². The van der Waals surface area contributed by atoms with Crippen LogP contribution < -0.4 is 14.1 Å². The fraction of sp³-hybridized carbons (Fsp3) is 0.0769. The summed E-state index contributed by atoms with van der Waals surface area (Å²) in [5.74, 6) is 0.966. The molecule has 0 saturated carbocycles. The first-order chi connectivity index (χ1) is 18.2. The molecule has 203 valence electrons. The summed E-state index contributed by atoms with van der Waals surface area (Å²) in [6, 6.07) is 19.9. The average molecular weight is 1040 g/mol. The number of ether oxygens (including phenoxy) is 2. The van der Waals surface area contributed by atoms with Crippen molar-refractivity contribution in [3.63, 3.8) is 0 Å². The Bertz CT molecular complexity index is 1340. The van der Waals surface area contributed by atoms with E-state index >= 15 is 0 Å². The number of rotatable bonds is 5. The second-order valence-electron chi connectivity index (χ2n) is 6.95. The third-order valence-corrected chi connectivity index (χ3v) is 7.92. The van der Waals surface area contributed by atoms with Crippen molar-refractivity contribution in [1.82, 2.24) is 0 Å². The zero-order valence-electron chi connectivity index (χ0n) is 20.3. The van der Waals surface area contributed by atoms with Gasteiger partial charge in [-0.1, -0.05) is 53.5 Å². The molecule has 4 aromatic carbocycles. The smallest absolute Gasteiger partial charge is 0.535 e. The molecule has 1 N–H and O–H groups in total. The van der Waals surface area contributed by atoms with Gasteiger partial charge in [-0.15, -0.1) is 0 Å². The molecule has 4 aromatic rings. The molecule has 0 spiro atoms. The van der Waals surface area contributed by atoms with Gasteiger partial charge in [0.1, 0.15) is 23.1 Å². The van der Waals surface area contributed by atoms with Crippen molar-refractivity contribution < 1.29 is 59.0 Å². The predicted octanol–water partition coefficient (Wildman–Crippen LogP) is 9.36. The van der Waals surface area contributed by atoms with E-state index in [0.29, 0.717) is 49.7 Å². The zero-order valence-corrected chi connectivity index (χ0v) is 31.3. The van der Waals surface area contributed by atoms with Gasteiger partial charge in [0, 0.05) is 42.2 Å².